The molecule has 0 aliphatic carbocycles. The minimum Gasteiger partial charge on any atom is -0.535 e. The van der Waals surface area contributed by atoms with E-state index in [0.29, 0.717) is 7.69 Å². The molecule has 0 saturated carbocycles. The SMILES string of the molecule is Brc1cc2c3ccccc3c(Br)cc2c2ccccc12.CC(C)(C)c1ccc(O[B]O)c(O)c1.CC(C)(C)c1ccc2c(c1)c1cccc3c4cc5c6ccc(C(C)(C)C)cc6c6cccc(c4cc2c13)c65. The summed E-state index contributed by atoms with van der Waals surface area (Å²) in [6.07, 6.45) is 0. The Labute approximate surface area is 438 Å². The summed E-state index contributed by atoms with van der Waals surface area (Å²) >= 11 is 7.42. The summed E-state index contributed by atoms with van der Waals surface area (Å²) in [6, 6.07) is 59.6. The summed E-state index contributed by atoms with van der Waals surface area (Å²) in [6.45, 7) is 20.0. The van der Waals surface area contributed by atoms with Gasteiger partial charge in [0.1, 0.15) is 5.75 Å². The monoisotopic (exact) mass is 1070 g/mol. The van der Waals surface area contributed by atoms with Crippen molar-refractivity contribution in [2.45, 2.75) is 78.6 Å². The number of rotatable bonds is 2. The first-order valence-corrected chi connectivity index (χ1v) is 26.3. The van der Waals surface area contributed by atoms with Crippen LogP contribution in [0.25, 0.3) is 108 Å². The van der Waals surface area contributed by atoms with Crippen LogP contribution in [0.5, 0.6) is 11.5 Å². The van der Waals surface area contributed by atoms with E-state index >= 15 is 0 Å². The van der Waals surface area contributed by atoms with Crippen LogP contribution in [0.3, 0.4) is 0 Å². The van der Waals surface area contributed by atoms with Crippen LogP contribution in [0.15, 0.2) is 173 Å². The summed E-state index contributed by atoms with van der Waals surface area (Å²) in [4.78, 5) is 0. The molecule has 0 aliphatic rings. The lowest BCUT2D eigenvalue weighted by atomic mass is 9.86. The third-order valence-corrected chi connectivity index (χ3v) is 16.1. The topological polar surface area (TPSA) is 49.7 Å². The van der Waals surface area contributed by atoms with Gasteiger partial charge in [0.2, 0.25) is 0 Å². The van der Waals surface area contributed by atoms with Crippen LogP contribution >= 0.6 is 31.9 Å². The molecule has 0 fully saturated rings. The Bertz CT molecular complexity index is 4030. The second kappa shape index (κ2) is 17.7. The first-order valence-electron chi connectivity index (χ1n) is 24.7. The first-order chi connectivity index (χ1) is 34.3. The van der Waals surface area contributed by atoms with Gasteiger partial charge in [0.25, 0.3) is 0 Å². The zero-order valence-electron chi connectivity index (χ0n) is 42.2. The lowest BCUT2D eigenvalue weighted by Gasteiger charge is -2.19. The standard InChI is InChI=1S/C38H32.C18H10Br2.C10H14BO3/c1-37(2,3)21-13-15-23-29(17-21)25-9-7-11-27-32-20-34-24-16-14-22(38(4,5)6)18-30(24)26-10-8-12-28(36(26)34)31(32)19-33(23)35(25)27;19-17-10-16-12-6-2-4-8-14(12)18(20)9-15(16)11-5-1-3-7-13(11)17;1-10(2,3)7-4-5-9(14-11-13)8(12)6-7/h7-20H,1-6H3;1-10H;4-6,12-13H,1-3H3. The van der Waals surface area contributed by atoms with Crippen LogP contribution < -0.4 is 4.65 Å². The fraction of sp³-hybridized carbons (Fsp3) is 0.182. The van der Waals surface area contributed by atoms with Gasteiger partial charge in [-0.1, -0.05) is 209 Å². The van der Waals surface area contributed by atoms with E-state index < -0.39 is 0 Å². The van der Waals surface area contributed by atoms with Crippen molar-refractivity contribution in [1.82, 2.24) is 0 Å². The molecule has 0 unspecified atom stereocenters. The number of halogens is 2. The Hall–Kier alpha value is -6.44. The molecule has 0 saturated heterocycles. The molecule has 1 radical (unpaired) electrons. The van der Waals surface area contributed by atoms with Crippen molar-refractivity contribution in [3.05, 3.63) is 189 Å². The normalized spacial score (nSPS) is 12.5. The van der Waals surface area contributed by atoms with E-state index in [1.165, 1.54) is 119 Å². The minimum absolute atomic E-state index is 0.0149. The number of hydrogen-bond donors (Lipinski definition) is 2. The average molecular weight is 1070 g/mol. The molecule has 72 heavy (non-hydrogen) atoms. The quantitative estimate of drug-likeness (QED) is 0.134. The third-order valence-electron chi connectivity index (χ3n) is 14.8. The third kappa shape index (κ3) is 8.07. The number of hydrogen-bond acceptors (Lipinski definition) is 3. The fourth-order valence-corrected chi connectivity index (χ4v) is 12.1. The molecular weight excluding hydrogens is 1010 g/mol. The van der Waals surface area contributed by atoms with Crippen LogP contribution in [0.4, 0.5) is 0 Å². The molecule has 13 aromatic rings. The molecule has 13 rings (SSSR count). The molecule has 0 spiro atoms. The van der Waals surface area contributed by atoms with E-state index in [0.717, 1.165) is 14.5 Å². The Morgan fingerprint density at radius 1 is 0.333 bits per heavy atom. The minimum atomic E-state index is -0.0149. The van der Waals surface area contributed by atoms with E-state index in [-0.39, 0.29) is 27.7 Å². The van der Waals surface area contributed by atoms with Crippen LogP contribution in [-0.2, 0) is 16.2 Å². The van der Waals surface area contributed by atoms with Gasteiger partial charge in [-0.25, -0.2) is 0 Å². The van der Waals surface area contributed by atoms with Gasteiger partial charge in [-0.2, -0.15) is 0 Å². The number of aromatic hydroxyl groups is 1. The fourth-order valence-electron chi connectivity index (χ4n) is 11.0. The maximum absolute atomic E-state index is 9.53. The first kappa shape index (κ1) is 47.9. The van der Waals surface area contributed by atoms with Gasteiger partial charge in [0.05, 0.1) is 0 Å². The second-order valence-corrected chi connectivity index (χ2v) is 24.2. The molecule has 0 atom stereocenters. The molecule has 0 bridgehead atoms. The molecule has 3 nitrogen and oxygen atoms in total. The molecular formula is C66H56BBr2O3. The van der Waals surface area contributed by atoms with Crippen molar-refractivity contribution in [2.75, 3.05) is 0 Å². The summed E-state index contributed by atoms with van der Waals surface area (Å²) < 4.78 is 6.98. The summed E-state index contributed by atoms with van der Waals surface area (Å²) in [5, 5.41) is 44.9. The van der Waals surface area contributed by atoms with E-state index in [4.69, 9.17) is 5.02 Å². The Kier molecular flexibility index (Phi) is 11.7. The van der Waals surface area contributed by atoms with Crippen LogP contribution in [0, 0.1) is 0 Å². The van der Waals surface area contributed by atoms with Crippen LogP contribution in [0.1, 0.15) is 79.0 Å². The predicted octanol–water partition coefficient (Wildman–Crippen LogP) is 19.5. The summed E-state index contributed by atoms with van der Waals surface area (Å²) in [5.41, 5.74) is 4.04. The van der Waals surface area contributed by atoms with Crippen molar-refractivity contribution in [3.8, 4) is 11.5 Å². The van der Waals surface area contributed by atoms with Gasteiger partial charge in [0.15, 0.2) is 5.75 Å². The smallest absolute Gasteiger partial charge is 0.535 e. The van der Waals surface area contributed by atoms with Gasteiger partial charge < -0.3 is 14.8 Å². The van der Waals surface area contributed by atoms with Crippen molar-refractivity contribution < 1.29 is 14.8 Å². The van der Waals surface area contributed by atoms with Crippen LogP contribution in [0.2, 0.25) is 0 Å². The summed E-state index contributed by atoms with van der Waals surface area (Å²) in [7, 11) is 0.547. The maximum Gasteiger partial charge on any atom is 0.569 e. The average Bonchev–Trinajstić information content (AvgIpc) is 3.85. The molecule has 2 N–H and O–H groups in total. The van der Waals surface area contributed by atoms with Gasteiger partial charge in [-0.05, 0) is 189 Å². The van der Waals surface area contributed by atoms with Crippen molar-refractivity contribution in [1.29, 1.82) is 0 Å². The van der Waals surface area contributed by atoms with Gasteiger partial charge >= 0.3 is 7.69 Å². The number of benzene rings is 11. The molecule has 355 valence electrons. The summed E-state index contributed by atoms with van der Waals surface area (Å²) in [5.74, 6) is 0.281. The Balaban J connectivity index is 0.000000137. The molecule has 0 aliphatic heterocycles. The van der Waals surface area contributed by atoms with Crippen molar-refractivity contribution in [3.63, 3.8) is 0 Å². The second-order valence-electron chi connectivity index (χ2n) is 22.5. The lowest BCUT2D eigenvalue weighted by Crippen LogP contribution is -2.11. The van der Waals surface area contributed by atoms with E-state index in [1.54, 1.807) is 12.1 Å². The largest absolute Gasteiger partial charge is 0.569 e. The lowest BCUT2D eigenvalue weighted by molar-refractivity contribution is 0.408. The van der Waals surface area contributed by atoms with Crippen molar-refractivity contribution in [2.24, 2.45) is 0 Å². The number of phenolic OH excluding ortho intramolecular Hbond substituents is 1. The number of fused-ring (bicyclic) bond motifs is 14. The Morgan fingerprint density at radius 3 is 1.03 bits per heavy atom. The maximum atomic E-state index is 9.53. The molecule has 0 aromatic heterocycles. The number of phenols is 1. The van der Waals surface area contributed by atoms with E-state index in [2.05, 4.69) is 244 Å². The molecule has 13 aromatic carbocycles. The Morgan fingerprint density at radius 2 is 0.653 bits per heavy atom. The molecule has 6 heteroatoms. The van der Waals surface area contributed by atoms with Gasteiger partial charge in [-0.15, -0.1) is 0 Å². The van der Waals surface area contributed by atoms with Crippen LogP contribution in [-0.4, -0.2) is 17.8 Å². The van der Waals surface area contributed by atoms with Gasteiger partial charge in [-0.3, -0.25) is 0 Å². The van der Waals surface area contributed by atoms with Gasteiger partial charge in [0, 0.05) is 8.95 Å². The van der Waals surface area contributed by atoms with E-state index in [1.807, 2.05) is 6.07 Å². The predicted molar refractivity (Wildman–Crippen MR) is 319 cm³/mol. The zero-order valence-corrected chi connectivity index (χ0v) is 45.4. The highest BCUT2D eigenvalue weighted by atomic mass is 79.9. The highest BCUT2D eigenvalue weighted by Crippen LogP contribution is 2.48. The zero-order chi connectivity index (χ0) is 50.6. The highest BCUT2D eigenvalue weighted by Gasteiger charge is 2.23. The molecule has 0 amide bonds. The van der Waals surface area contributed by atoms with E-state index in [9.17, 15) is 5.11 Å². The highest BCUT2D eigenvalue weighted by molar-refractivity contribution is 9.11. The molecule has 0 heterocycles. The van der Waals surface area contributed by atoms with Crippen molar-refractivity contribution >= 4 is 147 Å².